The minimum Gasteiger partial charge on any atom is -0.380 e. The molecular weight excluding hydrogens is 359 g/mol. The van der Waals surface area contributed by atoms with Crippen LogP contribution in [0.3, 0.4) is 0 Å². The van der Waals surface area contributed by atoms with Crippen LogP contribution < -0.4 is 10.6 Å². The molecule has 0 saturated heterocycles. The van der Waals surface area contributed by atoms with Crippen molar-refractivity contribution in [2.24, 2.45) is 0 Å². The maximum atomic E-state index is 12.4. The van der Waals surface area contributed by atoms with E-state index in [1.807, 2.05) is 12.1 Å². The predicted molar refractivity (Wildman–Crippen MR) is 100 cm³/mol. The van der Waals surface area contributed by atoms with Crippen LogP contribution in [-0.4, -0.2) is 15.9 Å². The molecule has 0 aliphatic heterocycles. The molecule has 25 heavy (non-hydrogen) atoms. The van der Waals surface area contributed by atoms with E-state index >= 15 is 0 Å². The van der Waals surface area contributed by atoms with Crippen molar-refractivity contribution in [3.63, 3.8) is 0 Å². The summed E-state index contributed by atoms with van der Waals surface area (Å²) >= 11 is 11.9. The molecule has 1 amide bonds. The van der Waals surface area contributed by atoms with Crippen molar-refractivity contribution in [1.82, 2.24) is 9.97 Å². The maximum absolute atomic E-state index is 12.4. The van der Waals surface area contributed by atoms with Crippen LogP contribution in [0, 0.1) is 0 Å². The van der Waals surface area contributed by atoms with E-state index in [2.05, 4.69) is 20.6 Å². The number of nitrogens with one attached hydrogen (secondary N) is 2. The third-order valence-corrected chi connectivity index (χ3v) is 3.78. The second-order valence-electron chi connectivity index (χ2n) is 5.29. The van der Waals surface area contributed by atoms with Crippen LogP contribution in [0.2, 0.25) is 10.0 Å². The first-order chi connectivity index (χ1) is 12.1. The first-order valence-electron chi connectivity index (χ1n) is 7.45. The van der Waals surface area contributed by atoms with Gasteiger partial charge >= 0.3 is 0 Å². The summed E-state index contributed by atoms with van der Waals surface area (Å²) in [5, 5.41) is 6.87. The molecule has 126 valence electrons. The van der Waals surface area contributed by atoms with Gasteiger partial charge < -0.3 is 10.6 Å². The number of anilines is 2. The van der Waals surface area contributed by atoms with Crippen molar-refractivity contribution in [3.05, 3.63) is 82.4 Å². The number of carbonyl (C=O) groups is 1. The Bertz CT molecular complexity index is 867. The molecule has 2 aromatic heterocycles. The Morgan fingerprint density at radius 1 is 0.960 bits per heavy atom. The molecule has 3 aromatic rings. The van der Waals surface area contributed by atoms with Crippen LogP contribution in [-0.2, 0) is 6.54 Å². The molecule has 0 aliphatic carbocycles. The normalized spacial score (nSPS) is 10.3. The number of pyridine rings is 2. The number of rotatable bonds is 5. The van der Waals surface area contributed by atoms with E-state index in [9.17, 15) is 4.79 Å². The molecule has 0 bridgehead atoms. The number of carbonyl (C=O) groups excluding carboxylic acids is 1. The summed E-state index contributed by atoms with van der Waals surface area (Å²) in [6, 6.07) is 10.4. The van der Waals surface area contributed by atoms with Crippen LogP contribution >= 0.6 is 23.2 Å². The number of hydrogen-bond acceptors (Lipinski definition) is 4. The Kier molecular flexibility index (Phi) is 5.48. The molecule has 0 radical (unpaired) electrons. The van der Waals surface area contributed by atoms with Gasteiger partial charge in [0.05, 0.1) is 11.3 Å². The van der Waals surface area contributed by atoms with Crippen molar-refractivity contribution >= 4 is 40.5 Å². The second-order valence-corrected chi connectivity index (χ2v) is 6.16. The fourth-order valence-corrected chi connectivity index (χ4v) is 2.72. The topological polar surface area (TPSA) is 66.9 Å². The van der Waals surface area contributed by atoms with Crippen molar-refractivity contribution in [2.75, 3.05) is 10.6 Å². The Morgan fingerprint density at radius 2 is 1.76 bits per heavy atom. The lowest BCUT2D eigenvalue weighted by molar-refractivity contribution is 0.102. The highest BCUT2D eigenvalue weighted by Gasteiger charge is 2.09. The summed E-state index contributed by atoms with van der Waals surface area (Å²) in [4.78, 5) is 20.6. The highest BCUT2D eigenvalue weighted by Crippen LogP contribution is 2.23. The highest BCUT2D eigenvalue weighted by molar-refractivity contribution is 6.35. The van der Waals surface area contributed by atoms with E-state index in [1.54, 1.807) is 42.9 Å². The SMILES string of the molecule is O=C(Nc1cc(Cl)cc(Cl)c1)c1cncc(NCc2cccnc2)c1. The smallest absolute Gasteiger partial charge is 0.257 e. The molecule has 0 atom stereocenters. The molecule has 0 aliphatic rings. The van der Waals surface area contributed by atoms with Crippen molar-refractivity contribution in [1.29, 1.82) is 0 Å². The monoisotopic (exact) mass is 372 g/mol. The minimum atomic E-state index is -0.295. The average molecular weight is 373 g/mol. The van der Waals surface area contributed by atoms with Crippen LogP contribution in [0.25, 0.3) is 0 Å². The van der Waals surface area contributed by atoms with Crippen molar-refractivity contribution in [2.45, 2.75) is 6.54 Å². The zero-order chi connectivity index (χ0) is 17.6. The molecule has 5 nitrogen and oxygen atoms in total. The Morgan fingerprint density at radius 3 is 2.48 bits per heavy atom. The van der Waals surface area contributed by atoms with E-state index in [1.165, 1.54) is 6.20 Å². The lowest BCUT2D eigenvalue weighted by Gasteiger charge is -2.09. The number of hydrogen-bond donors (Lipinski definition) is 2. The summed E-state index contributed by atoms with van der Waals surface area (Å²) in [7, 11) is 0. The van der Waals surface area contributed by atoms with Gasteiger partial charge in [0.15, 0.2) is 0 Å². The highest BCUT2D eigenvalue weighted by atomic mass is 35.5. The molecule has 0 saturated carbocycles. The van der Waals surface area contributed by atoms with E-state index in [0.29, 0.717) is 27.8 Å². The third kappa shape index (κ3) is 4.92. The molecule has 1 aromatic carbocycles. The fourth-order valence-electron chi connectivity index (χ4n) is 2.20. The predicted octanol–water partition coefficient (Wildman–Crippen LogP) is 4.65. The lowest BCUT2D eigenvalue weighted by atomic mass is 10.2. The van der Waals surface area contributed by atoms with Gasteiger partial charge in [0.1, 0.15) is 0 Å². The second kappa shape index (κ2) is 7.96. The van der Waals surface area contributed by atoms with Crippen LogP contribution in [0.15, 0.2) is 61.2 Å². The Balaban J connectivity index is 1.68. The molecule has 2 heterocycles. The summed E-state index contributed by atoms with van der Waals surface area (Å²) < 4.78 is 0. The van der Waals surface area contributed by atoms with Gasteiger partial charge in [-0.1, -0.05) is 29.3 Å². The molecule has 7 heteroatoms. The Labute approximate surface area is 155 Å². The Hall–Kier alpha value is -2.63. The molecule has 2 N–H and O–H groups in total. The minimum absolute atomic E-state index is 0.295. The fraction of sp³-hybridized carbons (Fsp3) is 0.0556. The zero-order valence-corrected chi connectivity index (χ0v) is 14.6. The van der Waals surface area contributed by atoms with E-state index < -0.39 is 0 Å². The van der Waals surface area contributed by atoms with Gasteiger partial charge in [0.25, 0.3) is 5.91 Å². The van der Waals surface area contributed by atoms with E-state index in [4.69, 9.17) is 23.2 Å². The quantitative estimate of drug-likeness (QED) is 0.683. The summed E-state index contributed by atoms with van der Waals surface area (Å²) in [5.74, 6) is -0.295. The van der Waals surface area contributed by atoms with E-state index in [-0.39, 0.29) is 5.91 Å². The summed E-state index contributed by atoms with van der Waals surface area (Å²) in [6.45, 7) is 0.588. The summed E-state index contributed by atoms with van der Waals surface area (Å²) in [6.07, 6.45) is 6.65. The molecule has 0 fully saturated rings. The number of aromatic nitrogens is 2. The molecular formula is C18H14Cl2N4O. The lowest BCUT2D eigenvalue weighted by Crippen LogP contribution is -2.13. The first kappa shape index (κ1) is 17.2. The largest absolute Gasteiger partial charge is 0.380 e. The number of halogens is 2. The number of benzene rings is 1. The van der Waals surface area contributed by atoms with Crippen LogP contribution in [0.5, 0.6) is 0 Å². The van der Waals surface area contributed by atoms with Gasteiger partial charge in [-0.25, -0.2) is 0 Å². The van der Waals surface area contributed by atoms with Gasteiger partial charge in [-0.05, 0) is 35.9 Å². The first-order valence-corrected chi connectivity index (χ1v) is 8.21. The summed E-state index contributed by atoms with van der Waals surface area (Å²) in [5.41, 5.74) is 2.72. The molecule has 0 spiro atoms. The van der Waals surface area contributed by atoms with Gasteiger partial charge in [-0.2, -0.15) is 0 Å². The van der Waals surface area contributed by atoms with Crippen LogP contribution in [0.1, 0.15) is 15.9 Å². The molecule has 3 rings (SSSR count). The van der Waals surface area contributed by atoms with Gasteiger partial charge in [0, 0.05) is 47.1 Å². The number of nitrogens with zero attached hydrogens (tertiary/aromatic N) is 2. The average Bonchev–Trinajstić information content (AvgIpc) is 2.60. The zero-order valence-electron chi connectivity index (χ0n) is 13.0. The van der Waals surface area contributed by atoms with Crippen molar-refractivity contribution in [3.8, 4) is 0 Å². The third-order valence-electron chi connectivity index (χ3n) is 3.34. The van der Waals surface area contributed by atoms with Gasteiger partial charge in [-0.15, -0.1) is 0 Å². The standard InChI is InChI=1S/C18H14Cl2N4O/c19-14-5-15(20)7-16(6-14)24-18(25)13-4-17(11-22-10-13)23-9-12-2-1-3-21-8-12/h1-8,10-11,23H,9H2,(H,24,25). The van der Waals surface area contributed by atoms with Gasteiger partial charge in [-0.3, -0.25) is 14.8 Å². The van der Waals surface area contributed by atoms with Crippen LogP contribution in [0.4, 0.5) is 11.4 Å². The van der Waals surface area contributed by atoms with Gasteiger partial charge in [0.2, 0.25) is 0 Å². The molecule has 0 unspecified atom stereocenters. The number of amides is 1. The maximum Gasteiger partial charge on any atom is 0.257 e. The van der Waals surface area contributed by atoms with Crippen molar-refractivity contribution < 1.29 is 4.79 Å². The van der Waals surface area contributed by atoms with E-state index in [0.717, 1.165) is 11.3 Å².